The van der Waals surface area contributed by atoms with Gasteiger partial charge in [-0.2, -0.15) is 0 Å². The summed E-state index contributed by atoms with van der Waals surface area (Å²) < 4.78 is 38.6. The van der Waals surface area contributed by atoms with E-state index in [-0.39, 0.29) is 11.6 Å². The molecule has 1 aliphatic rings. The van der Waals surface area contributed by atoms with Gasteiger partial charge in [0.05, 0.1) is 12.7 Å². The quantitative estimate of drug-likeness (QED) is 0.921. The maximum Gasteiger partial charge on any atom is 0.133 e. The minimum absolute atomic E-state index is 0.0746. The molecule has 2 aromatic rings. The van der Waals surface area contributed by atoms with Gasteiger partial charge in [0.25, 0.3) is 0 Å². The summed E-state index contributed by atoms with van der Waals surface area (Å²) in [7, 11) is 1.56. The van der Waals surface area contributed by atoms with Crippen molar-refractivity contribution in [2.45, 2.75) is 18.6 Å². The van der Waals surface area contributed by atoms with E-state index in [0.717, 1.165) is 5.56 Å². The van der Waals surface area contributed by atoms with Crippen LogP contribution in [0.1, 0.15) is 29.7 Å². The van der Waals surface area contributed by atoms with Crippen LogP contribution in [0.2, 0.25) is 0 Å². The standard InChI is InChI=1S/C16H15F2NO2/c1-20-9-5-6-14-10(7-9)13(19)8-15(21-14)16-11(17)3-2-4-12(16)18/h2-7,13,15H,8,19H2,1H3. The minimum Gasteiger partial charge on any atom is -0.497 e. The first-order valence-corrected chi connectivity index (χ1v) is 6.64. The van der Waals surface area contributed by atoms with Crippen LogP contribution >= 0.6 is 0 Å². The van der Waals surface area contributed by atoms with E-state index in [2.05, 4.69) is 0 Å². The largest absolute Gasteiger partial charge is 0.497 e. The Kier molecular flexibility index (Phi) is 3.51. The van der Waals surface area contributed by atoms with Gasteiger partial charge < -0.3 is 15.2 Å². The second kappa shape index (κ2) is 5.33. The highest BCUT2D eigenvalue weighted by atomic mass is 19.1. The Bertz CT molecular complexity index is 655. The highest BCUT2D eigenvalue weighted by Gasteiger charge is 2.31. The van der Waals surface area contributed by atoms with Gasteiger partial charge in [-0.05, 0) is 30.3 Å². The SMILES string of the molecule is COc1ccc2c(c1)C(N)CC(c1c(F)cccc1F)O2. The number of benzene rings is 2. The van der Waals surface area contributed by atoms with Crippen molar-refractivity contribution in [2.24, 2.45) is 5.73 Å². The van der Waals surface area contributed by atoms with Gasteiger partial charge in [-0.3, -0.25) is 0 Å². The molecule has 2 atom stereocenters. The van der Waals surface area contributed by atoms with Gasteiger partial charge in [-0.15, -0.1) is 0 Å². The average Bonchev–Trinajstić information content (AvgIpc) is 2.47. The van der Waals surface area contributed by atoms with Crippen LogP contribution in [0.3, 0.4) is 0 Å². The maximum atomic E-state index is 13.9. The Morgan fingerprint density at radius 1 is 1.19 bits per heavy atom. The molecular weight excluding hydrogens is 276 g/mol. The van der Waals surface area contributed by atoms with E-state index in [9.17, 15) is 8.78 Å². The van der Waals surface area contributed by atoms with Crippen molar-refractivity contribution < 1.29 is 18.3 Å². The highest BCUT2D eigenvalue weighted by molar-refractivity contribution is 5.44. The third-order valence-corrected chi connectivity index (χ3v) is 3.68. The number of fused-ring (bicyclic) bond motifs is 1. The number of methoxy groups -OCH3 is 1. The van der Waals surface area contributed by atoms with Crippen molar-refractivity contribution in [1.82, 2.24) is 0 Å². The third-order valence-electron chi connectivity index (χ3n) is 3.68. The minimum atomic E-state index is -0.734. The molecule has 0 radical (unpaired) electrons. The van der Waals surface area contributed by atoms with Crippen LogP contribution in [-0.4, -0.2) is 7.11 Å². The first-order valence-electron chi connectivity index (χ1n) is 6.64. The number of hydrogen-bond acceptors (Lipinski definition) is 3. The van der Waals surface area contributed by atoms with E-state index in [0.29, 0.717) is 17.9 Å². The van der Waals surface area contributed by atoms with E-state index in [4.69, 9.17) is 15.2 Å². The van der Waals surface area contributed by atoms with Gasteiger partial charge in [0.1, 0.15) is 29.2 Å². The van der Waals surface area contributed by atoms with Crippen LogP contribution in [-0.2, 0) is 0 Å². The Balaban J connectivity index is 1.99. The second-order valence-electron chi connectivity index (χ2n) is 4.99. The molecule has 2 N–H and O–H groups in total. The summed E-state index contributed by atoms with van der Waals surface area (Å²) >= 11 is 0. The van der Waals surface area contributed by atoms with Gasteiger partial charge in [-0.25, -0.2) is 8.78 Å². The lowest BCUT2D eigenvalue weighted by Crippen LogP contribution is -2.25. The molecule has 0 saturated carbocycles. The molecule has 1 heterocycles. The average molecular weight is 291 g/mol. The fourth-order valence-electron chi connectivity index (χ4n) is 2.60. The zero-order chi connectivity index (χ0) is 15.0. The molecule has 0 amide bonds. The summed E-state index contributed by atoms with van der Waals surface area (Å²) in [5.74, 6) is -0.0427. The number of ether oxygens (including phenoxy) is 2. The predicted molar refractivity (Wildman–Crippen MR) is 74.3 cm³/mol. The number of nitrogens with two attached hydrogens (primary N) is 1. The summed E-state index contributed by atoms with van der Waals surface area (Å²) in [6.07, 6.45) is -0.431. The van der Waals surface area contributed by atoms with Crippen molar-refractivity contribution in [1.29, 1.82) is 0 Å². The van der Waals surface area contributed by atoms with Crippen molar-refractivity contribution in [2.75, 3.05) is 7.11 Å². The zero-order valence-electron chi connectivity index (χ0n) is 11.5. The van der Waals surface area contributed by atoms with E-state index in [1.165, 1.54) is 18.2 Å². The van der Waals surface area contributed by atoms with Crippen LogP contribution in [0.25, 0.3) is 0 Å². The molecule has 110 valence electrons. The molecular formula is C16H15F2NO2. The Morgan fingerprint density at radius 2 is 1.90 bits per heavy atom. The molecule has 0 aliphatic carbocycles. The monoisotopic (exact) mass is 291 g/mol. The smallest absolute Gasteiger partial charge is 0.133 e. The first-order chi connectivity index (χ1) is 10.1. The topological polar surface area (TPSA) is 44.5 Å². The molecule has 0 saturated heterocycles. The molecule has 21 heavy (non-hydrogen) atoms. The van der Waals surface area contributed by atoms with Crippen molar-refractivity contribution >= 4 is 0 Å². The lowest BCUT2D eigenvalue weighted by atomic mass is 9.93. The van der Waals surface area contributed by atoms with Crippen LogP contribution < -0.4 is 15.2 Å². The van der Waals surface area contributed by atoms with Gasteiger partial charge >= 0.3 is 0 Å². The molecule has 5 heteroatoms. The van der Waals surface area contributed by atoms with Gasteiger partial charge in [-0.1, -0.05) is 6.07 Å². The van der Waals surface area contributed by atoms with E-state index in [1.54, 1.807) is 25.3 Å². The van der Waals surface area contributed by atoms with Gasteiger partial charge in [0, 0.05) is 18.0 Å². The van der Waals surface area contributed by atoms with Crippen molar-refractivity contribution in [3.8, 4) is 11.5 Å². The fraction of sp³-hybridized carbons (Fsp3) is 0.250. The maximum absolute atomic E-state index is 13.9. The summed E-state index contributed by atoms with van der Waals surface area (Å²) in [4.78, 5) is 0. The normalized spacial score (nSPS) is 20.6. The summed E-state index contributed by atoms with van der Waals surface area (Å²) in [6.45, 7) is 0. The molecule has 2 unspecified atom stereocenters. The number of halogens is 2. The van der Waals surface area contributed by atoms with Crippen LogP contribution in [0.4, 0.5) is 8.78 Å². The van der Waals surface area contributed by atoms with Crippen LogP contribution in [0.15, 0.2) is 36.4 Å². The summed E-state index contributed by atoms with van der Waals surface area (Å²) in [5, 5.41) is 0. The first kappa shape index (κ1) is 13.8. The summed E-state index contributed by atoms with van der Waals surface area (Å²) in [5.41, 5.74) is 6.82. The zero-order valence-corrected chi connectivity index (χ0v) is 11.5. The van der Waals surface area contributed by atoms with Crippen LogP contribution in [0, 0.1) is 11.6 Å². The lowest BCUT2D eigenvalue weighted by molar-refractivity contribution is 0.152. The molecule has 1 aliphatic heterocycles. The third kappa shape index (κ3) is 2.45. The van der Waals surface area contributed by atoms with E-state index >= 15 is 0 Å². The Hall–Kier alpha value is -2.14. The van der Waals surface area contributed by atoms with E-state index < -0.39 is 17.7 Å². The summed E-state index contributed by atoms with van der Waals surface area (Å²) in [6, 6.07) is 8.62. The molecule has 0 bridgehead atoms. The predicted octanol–water partition coefficient (Wildman–Crippen LogP) is 3.50. The molecule has 0 spiro atoms. The molecule has 0 fully saturated rings. The molecule has 3 rings (SSSR count). The van der Waals surface area contributed by atoms with Crippen LogP contribution in [0.5, 0.6) is 11.5 Å². The highest BCUT2D eigenvalue weighted by Crippen LogP contribution is 2.42. The van der Waals surface area contributed by atoms with Gasteiger partial charge in [0.2, 0.25) is 0 Å². The second-order valence-corrected chi connectivity index (χ2v) is 4.99. The molecule has 3 nitrogen and oxygen atoms in total. The number of hydrogen-bond donors (Lipinski definition) is 1. The van der Waals surface area contributed by atoms with Crippen molar-refractivity contribution in [3.05, 3.63) is 59.2 Å². The number of rotatable bonds is 2. The Labute approximate surface area is 121 Å². The Morgan fingerprint density at radius 3 is 2.57 bits per heavy atom. The fourth-order valence-corrected chi connectivity index (χ4v) is 2.60. The van der Waals surface area contributed by atoms with E-state index in [1.807, 2.05) is 0 Å². The lowest BCUT2D eigenvalue weighted by Gasteiger charge is -2.31. The molecule has 2 aromatic carbocycles. The molecule has 0 aromatic heterocycles. The van der Waals surface area contributed by atoms with Gasteiger partial charge in [0.15, 0.2) is 0 Å². The van der Waals surface area contributed by atoms with Crippen molar-refractivity contribution in [3.63, 3.8) is 0 Å².